The third-order valence-electron chi connectivity index (χ3n) is 9.74. The van der Waals surface area contributed by atoms with E-state index in [1.54, 1.807) is 0 Å². The zero-order chi connectivity index (χ0) is 24.8. The zero-order valence-electron chi connectivity index (χ0n) is 21.5. The molecule has 4 fully saturated rings. The molecule has 5 nitrogen and oxygen atoms in total. The molecule has 0 amide bonds. The van der Waals surface area contributed by atoms with E-state index in [2.05, 4.69) is 37.1 Å². The third-order valence-corrected chi connectivity index (χ3v) is 9.74. The number of benzene rings is 1. The van der Waals surface area contributed by atoms with Crippen molar-refractivity contribution in [2.24, 2.45) is 22.2 Å². The Kier molecular flexibility index (Phi) is 6.17. The first-order valence-electron chi connectivity index (χ1n) is 13.5. The maximum Gasteiger partial charge on any atom is 0.309 e. The van der Waals surface area contributed by atoms with Crippen molar-refractivity contribution in [3.63, 3.8) is 0 Å². The van der Waals surface area contributed by atoms with Gasteiger partial charge in [-0.25, -0.2) is 4.98 Å². The van der Waals surface area contributed by atoms with Crippen LogP contribution in [0.1, 0.15) is 102 Å². The van der Waals surface area contributed by atoms with E-state index in [1.165, 1.54) is 25.7 Å². The van der Waals surface area contributed by atoms with Gasteiger partial charge in [-0.2, -0.15) is 0 Å². The largest absolute Gasteiger partial charge is 0.481 e. The Labute approximate surface area is 209 Å². The number of fused-ring (bicyclic) bond motifs is 4. The van der Waals surface area contributed by atoms with Gasteiger partial charge in [0.2, 0.25) is 0 Å². The molecule has 0 unspecified atom stereocenters. The number of nitrogens with one attached hydrogen (secondary N) is 1. The number of pyridine rings is 1. The van der Waals surface area contributed by atoms with Gasteiger partial charge in [-0.3, -0.25) is 9.59 Å². The number of Topliss-reactive ketones (excluding diaryl/α,β-unsaturated/α-hetero) is 1. The molecule has 4 aliphatic carbocycles. The molecule has 0 atom stereocenters. The van der Waals surface area contributed by atoms with Crippen LogP contribution in [0.2, 0.25) is 0 Å². The molecule has 4 saturated carbocycles. The fourth-order valence-electron chi connectivity index (χ4n) is 7.00. The van der Waals surface area contributed by atoms with Gasteiger partial charge in [0.05, 0.1) is 5.41 Å². The molecule has 2 aromatic rings. The molecule has 4 aliphatic rings. The number of nitrogens with zero attached hydrogens (tertiary/aromatic N) is 1. The van der Waals surface area contributed by atoms with E-state index in [9.17, 15) is 14.7 Å². The lowest BCUT2D eigenvalue weighted by Crippen LogP contribution is -2.46. The highest BCUT2D eigenvalue weighted by Crippen LogP contribution is 2.58. The summed E-state index contributed by atoms with van der Waals surface area (Å²) < 4.78 is 0. The number of hydrogen-bond donors (Lipinski definition) is 2. The van der Waals surface area contributed by atoms with Crippen molar-refractivity contribution in [1.82, 2.24) is 4.98 Å². The lowest BCUT2D eigenvalue weighted by Gasteiger charge is -2.51. The Morgan fingerprint density at radius 3 is 2.23 bits per heavy atom. The Bertz CT molecular complexity index is 1100. The number of carboxylic acids is 1. The van der Waals surface area contributed by atoms with Crippen molar-refractivity contribution < 1.29 is 14.7 Å². The highest BCUT2D eigenvalue weighted by atomic mass is 16.4. The van der Waals surface area contributed by atoms with E-state index < -0.39 is 11.4 Å². The molecule has 1 aromatic carbocycles. The van der Waals surface area contributed by atoms with Crippen LogP contribution in [-0.2, 0) is 4.79 Å². The average molecular weight is 477 g/mol. The summed E-state index contributed by atoms with van der Waals surface area (Å²) in [6.07, 6.45) is 12.0. The molecule has 0 spiro atoms. The van der Waals surface area contributed by atoms with Crippen LogP contribution in [-0.4, -0.2) is 27.9 Å². The molecule has 188 valence electrons. The standard InChI is InChI=1S/C30H40N2O3/c1-28(2,3)23-6-8-24(9-7-23)32-26-17-22-16-20(4-5-21(22)19-31-26)25(33)18-29-10-13-30(14-11-29,15-12-29)27(34)35/h4-5,16-17,19,23-24H,6-15,18H2,1-3H3,(H,31,32)(H,34,35). The second-order valence-corrected chi connectivity index (χ2v) is 12.9. The van der Waals surface area contributed by atoms with Crippen LogP contribution in [0.3, 0.4) is 0 Å². The number of ketones is 1. The Morgan fingerprint density at radius 2 is 1.63 bits per heavy atom. The predicted octanol–water partition coefficient (Wildman–Crippen LogP) is 7.25. The Morgan fingerprint density at radius 1 is 0.971 bits per heavy atom. The first-order chi connectivity index (χ1) is 16.6. The molecule has 0 aliphatic heterocycles. The maximum absolute atomic E-state index is 13.3. The molecule has 2 bridgehead atoms. The van der Waals surface area contributed by atoms with Gasteiger partial charge >= 0.3 is 5.97 Å². The smallest absolute Gasteiger partial charge is 0.309 e. The van der Waals surface area contributed by atoms with Gasteiger partial charge in [0.1, 0.15) is 5.82 Å². The number of rotatable bonds is 6. The summed E-state index contributed by atoms with van der Waals surface area (Å²) in [5.41, 5.74) is 0.592. The van der Waals surface area contributed by atoms with Crippen LogP contribution in [0.15, 0.2) is 30.5 Å². The molecular weight excluding hydrogens is 436 g/mol. The van der Waals surface area contributed by atoms with Crippen LogP contribution < -0.4 is 5.32 Å². The topological polar surface area (TPSA) is 79.3 Å². The molecule has 0 radical (unpaired) electrons. The molecule has 1 aromatic heterocycles. The maximum atomic E-state index is 13.3. The second-order valence-electron chi connectivity index (χ2n) is 12.9. The van der Waals surface area contributed by atoms with Gasteiger partial charge in [-0.15, -0.1) is 0 Å². The first kappa shape index (κ1) is 24.3. The van der Waals surface area contributed by atoms with Crippen LogP contribution in [0.25, 0.3) is 10.8 Å². The summed E-state index contributed by atoms with van der Waals surface area (Å²) in [7, 11) is 0. The summed E-state index contributed by atoms with van der Waals surface area (Å²) in [4.78, 5) is 29.7. The second kappa shape index (κ2) is 8.90. The normalized spacial score (nSPS) is 30.8. The molecule has 2 N–H and O–H groups in total. The molecule has 5 heteroatoms. The highest BCUT2D eigenvalue weighted by Gasteiger charge is 2.53. The number of carbonyl (C=O) groups is 2. The molecule has 6 rings (SSSR count). The van der Waals surface area contributed by atoms with Gasteiger partial charge < -0.3 is 10.4 Å². The van der Waals surface area contributed by atoms with Crippen LogP contribution >= 0.6 is 0 Å². The van der Waals surface area contributed by atoms with E-state index >= 15 is 0 Å². The van der Waals surface area contributed by atoms with E-state index in [-0.39, 0.29) is 11.2 Å². The number of hydrogen-bond acceptors (Lipinski definition) is 4. The van der Waals surface area contributed by atoms with E-state index in [0.717, 1.165) is 47.3 Å². The van der Waals surface area contributed by atoms with Gasteiger partial charge in [-0.05, 0) is 98.5 Å². The van der Waals surface area contributed by atoms with Gasteiger partial charge in [-0.1, -0.05) is 32.9 Å². The van der Waals surface area contributed by atoms with Crippen LogP contribution in [0, 0.1) is 22.2 Å². The number of anilines is 1. The Balaban J connectivity index is 1.25. The minimum Gasteiger partial charge on any atom is -0.481 e. The minimum absolute atomic E-state index is 0.0138. The SMILES string of the molecule is CC(C)(C)C1CCC(Nc2cc3cc(C(=O)CC45CCC(C(=O)O)(CC4)CC5)ccc3cn2)CC1. The summed E-state index contributed by atoms with van der Waals surface area (Å²) in [6, 6.07) is 8.49. The number of aromatic nitrogens is 1. The van der Waals surface area contributed by atoms with Crippen molar-refractivity contribution in [2.45, 2.75) is 97.4 Å². The summed E-state index contributed by atoms with van der Waals surface area (Å²) in [6.45, 7) is 7.04. The minimum atomic E-state index is -0.646. The molecule has 0 saturated heterocycles. The van der Waals surface area contributed by atoms with Gasteiger partial charge in [0.15, 0.2) is 5.78 Å². The van der Waals surface area contributed by atoms with Crippen molar-refractivity contribution in [3.8, 4) is 0 Å². The fourth-order valence-corrected chi connectivity index (χ4v) is 7.00. The van der Waals surface area contributed by atoms with Gasteiger partial charge in [0.25, 0.3) is 0 Å². The zero-order valence-corrected chi connectivity index (χ0v) is 21.5. The number of aliphatic carboxylic acids is 1. The predicted molar refractivity (Wildman–Crippen MR) is 140 cm³/mol. The highest BCUT2D eigenvalue weighted by molar-refractivity contribution is 6.00. The van der Waals surface area contributed by atoms with Crippen molar-refractivity contribution in [1.29, 1.82) is 0 Å². The van der Waals surface area contributed by atoms with Gasteiger partial charge in [0, 0.05) is 29.6 Å². The first-order valence-corrected chi connectivity index (χ1v) is 13.5. The van der Waals surface area contributed by atoms with Crippen molar-refractivity contribution >= 4 is 28.3 Å². The van der Waals surface area contributed by atoms with Crippen LogP contribution in [0.4, 0.5) is 5.82 Å². The average Bonchev–Trinajstić information content (AvgIpc) is 2.84. The third kappa shape index (κ3) is 4.83. The van der Waals surface area contributed by atoms with Crippen LogP contribution in [0.5, 0.6) is 0 Å². The number of carbonyl (C=O) groups excluding carboxylic acids is 1. The molecule has 1 heterocycles. The van der Waals surface area contributed by atoms with E-state index in [4.69, 9.17) is 0 Å². The fraction of sp³-hybridized carbons (Fsp3) is 0.633. The van der Waals surface area contributed by atoms with Crippen molar-refractivity contribution in [3.05, 3.63) is 36.0 Å². The van der Waals surface area contributed by atoms with E-state index in [1.807, 2.05) is 24.4 Å². The number of carboxylic acid groups (broad SMARTS) is 1. The Hall–Kier alpha value is -2.43. The van der Waals surface area contributed by atoms with E-state index in [0.29, 0.717) is 37.1 Å². The summed E-state index contributed by atoms with van der Waals surface area (Å²) >= 11 is 0. The summed E-state index contributed by atoms with van der Waals surface area (Å²) in [5.74, 6) is 1.21. The lowest BCUT2D eigenvalue weighted by molar-refractivity contribution is -0.158. The molecular formula is C30H40N2O3. The summed E-state index contributed by atoms with van der Waals surface area (Å²) in [5, 5.41) is 15.4. The monoisotopic (exact) mass is 476 g/mol. The van der Waals surface area contributed by atoms with Crippen molar-refractivity contribution in [2.75, 3.05) is 5.32 Å². The molecule has 35 heavy (non-hydrogen) atoms. The quantitative estimate of drug-likeness (QED) is 0.429. The lowest BCUT2D eigenvalue weighted by atomic mass is 9.52.